The summed E-state index contributed by atoms with van der Waals surface area (Å²) in [6.07, 6.45) is 7.04. The highest BCUT2D eigenvalue weighted by Gasteiger charge is 2.16. The maximum Gasteiger partial charge on any atom is 0.175 e. The topological polar surface area (TPSA) is 75.2 Å². The first-order chi connectivity index (χ1) is 11.9. The van der Waals surface area contributed by atoms with Crippen molar-refractivity contribution in [3.8, 4) is 11.3 Å². The molecule has 0 radical (unpaired) electrons. The summed E-state index contributed by atoms with van der Waals surface area (Å²) in [5.41, 5.74) is 2.51. The molecule has 2 heterocycles. The van der Waals surface area contributed by atoms with Crippen LogP contribution in [0.2, 0.25) is 0 Å². The van der Waals surface area contributed by atoms with Gasteiger partial charge in [-0.3, -0.25) is 9.97 Å². The summed E-state index contributed by atoms with van der Waals surface area (Å²) in [4.78, 5) is 11.6. The van der Waals surface area contributed by atoms with E-state index in [1.54, 1.807) is 36.7 Å². The van der Waals surface area contributed by atoms with Crippen LogP contribution in [0, 0.1) is 0 Å². The molecule has 6 nitrogen and oxygen atoms in total. The van der Waals surface area contributed by atoms with Gasteiger partial charge in [-0.15, -0.1) is 0 Å². The summed E-state index contributed by atoms with van der Waals surface area (Å²) in [5, 5.41) is 3.55. The van der Waals surface area contributed by atoms with E-state index in [2.05, 4.69) is 27.2 Å². The molecule has 1 aliphatic heterocycles. The lowest BCUT2D eigenvalue weighted by Gasteiger charge is -2.29. The fourth-order valence-electron chi connectivity index (χ4n) is 2.93. The van der Waals surface area contributed by atoms with Crippen molar-refractivity contribution in [1.82, 2.24) is 20.2 Å². The van der Waals surface area contributed by atoms with Gasteiger partial charge in [-0.1, -0.05) is 12.1 Å². The van der Waals surface area contributed by atoms with E-state index in [0.717, 1.165) is 42.9 Å². The van der Waals surface area contributed by atoms with Crippen molar-refractivity contribution in [3.63, 3.8) is 0 Å². The molecule has 0 aliphatic carbocycles. The highest BCUT2D eigenvalue weighted by molar-refractivity contribution is 7.90. The Kier molecular flexibility index (Phi) is 5.46. The Morgan fingerprint density at radius 1 is 1.12 bits per heavy atom. The minimum absolute atomic E-state index is 0.308. The lowest BCUT2D eigenvalue weighted by Crippen LogP contribution is -2.40. The van der Waals surface area contributed by atoms with Gasteiger partial charge >= 0.3 is 0 Å². The van der Waals surface area contributed by atoms with Gasteiger partial charge < -0.3 is 10.2 Å². The van der Waals surface area contributed by atoms with Crippen molar-refractivity contribution in [2.75, 3.05) is 26.4 Å². The van der Waals surface area contributed by atoms with E-state index >= 15 is 0 Å². The molecule has 1 fully saturated rings. The molecule has 1 saturated heterocycles. The van der Waals surface area contributed by atoms with Crippen LogP contribution in [-0.2, 0) is 16.4 Å². The Labute approximate surface area is 149 Å². The zero-order valence-electron chi connectivity index (χ0n) is 14.6. The highest BCUT2D eigenvalue weighted by Crippen LogP contribution is 2.19. The summed E-state index contributed by atoms with van der Waals surface area (Å²) >= 11 is 0. The molecular formula is C18H24N4O2S. The third-order valence-electron chi connectivity index (χ3n) is 4.57. The second-order valence-corrected chi connectivity index (χ2v) is 8.66. The van der Waals surface area contributed by atoms with Crippen LogP contribution in [0.4, 0.5) is 0 Å². The van der Waals surface area contributed by atoms with Gasteiger partial charge in [-0.2, -0.15) is 0 Å². The summed E-state index contributed by atoms with van der Waals surface area (Å²) in [7, 11) is -1.02. The van der Waals surface area contributed by atoms with Gasteiger partial charge in [0.05, 0.1) is 28.7 Å². The lowest BCUT2D eigenvalue weighted by molar-refractivity contribution is 0.233. The molecule has 1 N–H and O–H groups in total. The maximum atomic E-state index is 11.5. The fourth-order valence-corrected chi connectivity index (χ4v) is 3.56. The molecule has 7 heteroatoms. The predicted molar refractivity (Wildman–Crippen MR) is 97.9 cm³/mol. The van der Waals surface area contributed by atoms with Crippen molar-refractivity contribution in [1.29, 1.82) is 0 Å². The first-order valence-electron chi connectivity index (χ1n) is 8.45. The van der Waals surface area contributed by atoms with Crippen LogP contribution in [0.5, 0.6) is 0 Å². The molecule has 1 aromatic heterocycles. The van der Waals surface area contributed by atoms with Gasteiger partial charge in [-0.25, -0.2) is 8.42 Å². The number of hydrogen-bond donors (Lipinski definition) is 1. The Morgan fingerprint density at radius 2 is 1.80 bits per heavy atom. The number of benzene rings is 1. The number of hydrogen-bond acceptors (Lipinski definition) is 6. The van der Waals surface area contributed by atoms with E-state index in [1.165, 1.54) is 6.26 Å². The molecule has 0 saturated carbocycles. The average molecular weight is 360 g/mol. The van der Waals surface area contributed by atoms with E-state index < -0.39 is 9.84 Å². The van der Waals surface area contributed by atoms with Crippen LogP contribution in [-0.4, -0.2) is 55.7 Å². The summed E-state index contributed by atoms with van der Waals surface area (Å²) in [5.74, 6) is 0. The molecule has 2 aromatic rings. The van der Waals surface area contributed by atoms with Crippen LogP contribution in [0.1, 0.15) is 18.5 Å². The first-order valence-corrected chi connectivity index (χ1v) is 10.3. The molecule has 25 heavy (non-hydrogen) atoms. The van der Waals surface area contributed by atoms with Gasteiger partial charge in [-0.05, 0) is 45.1 Å². The molecule has 1 aliphatic rings. The van der Waals surface area contributed by atoms with Gasteiger partial charge in [0, 0.05) is 24.4 Å². The monoisotopic (exact) mass is 360 g/mol. The van der Waals surface area contributed by atoms with Gasteiger partial charge in [0.1, 0.15) is 0 Å². The number of nitrogens with one attached hydrogen (secondary N) is 1. The summed E-state index contributed by atoms with van der Waals surface area (Å²) in [6.45, 7) is 2.98. The summed E-state index contributed by atoms with van der Waals surface area (Å²) < 4.78 is 23.0. The second-order valence-electron chi connectivity index (χ2n) is 6.65. The van der Waals surface area contributed by atoms with E-state index in [-0.39, 0.29) is 0 Å². The van der Waals surface area contributed by atoms with Crippen molar-refractivity contribution < 1.29 is 8.42 Å². The van der Waals surface area contributed by atoms with Crippen LogP contribution in [0.15, 0.2) is 41.6 Å². The Bertz CT molecular complexity index is 796. The molecular weight excluding hydrogens is 336 g/mol. The number of sulfone groups is 1. The van der Waals surface area contributed by atoms with Crippen molar-refractivity contribution in [2.24, 2.45) is 0 Å². The molecule has 0 atom stereocenters. The van der Waals surface area contributed by atoms with Crippen molar-refractivity contribution in [2.45, 2.75) is 30.3 Å². The molecule has 0 amide bonds. The van der Waals surface area contributed by atoms with E-state index in [4.69, 9.17) is 0 Å². The van der Waals surface area contributed by atoms with Crippen molar-refractivity contribution in [3.05, 3.63) is 42.4 Å². The quantitative estimate of drug-likeness (QED) is 0.875. The lowest BCUT2D eigenvalue weighted by atomic mass is 10.1. The van der Waals surface area contributed by atoms with E-state index in [0.29, 0.717) is 17.5 Å². The minimum Gasteiger partial charge on any atom is -0.308 e. The molecule has 0 spiro atoms. The standard InChI is InChI=1S/C18H24N4O2S/c1-22-9-7-15(8-10-22)19-11-16-12-21-18(13-20-16)14-3-5-17(6-4-14)25(2,23)24/h3-6,12-13,15,19H,7-11H2,1-2H3. The second kappa shape index (κ2) is 7.59. The number of piperidine rings is 1. The fraction of sp³-hybridized carbons (Fsp3) is 0.444. The predicted octanol–water partition coefficient (Wildman–Crippen LogP) is 1.73. The summed E-state index contributed by atoms with van der Waals surface area (Å²) in [6, 6.07) is 7.26. The smallest absolute Gasteiger partial charge is 0.175 e. The SMILES string of the molecule is CN1CCC(NCc2cnc(-c3ccc(S(C)(=O)=O)cc3)cn2)CC1. The van der Waals surface area contributed by atoms with Crippen LogP contribution < -0.4 is 5.32 Å². The molecule has 0 unspecified atom stereocenters. The normalized spacial score (nSPS) is 16.9. The van der Waals surface area contributed by atoms with Gasteiger partial charge in [0.25, 0.3) is 0 Å². The zero-order valence-corrected chi connectivity index (χ0v) is 15.5. The highest BCUT2D eigenvalue weighted by atomic mass is 32.2. The van der Waals surface area contributed by atoms with Crippen LogP contribution >= 0.6 is 0 Å². The third kappa shape index (κ3) is 4.84. The molecule has 3 rings (SSSR count). The first kappa shape index (κ1) is 18.0. The molecule has 0 bridgehead atoms. The number of aromatic nitrogens is 2. The Hall–Kier alpha value is -1.83. The van der Waals surface area contributed by atoms with Gasteiger partial charge in [0.2, 0.25) is 0 Å². The molecule has 134 valence electrons. The number of rotatable bonds is 5. The minimum atomic E-state index is -3.18. The zero-order chi connectivity index (χ0) is 17.9. The molecule has 1 aromatic carbocycles. The van der Waals surface area contributed by atoms with E-state index in [9.17, 15) is 8.42 Å². The number of nitrogens with zero attached hydrogens (tertiary/aromatic N) is 3. The third-order valence-corrected chi connectivity index (χ3v) is 5.70. The van der Waals surface area contributed by atoms with Crippen LogP contribution in [0.25, 0.3) is 11.3 Å². The largest absolute Gasteiger partial charge is 0.308 e. The average Bonchev–Trinajstić information content (AvgIpc) is 2.61. The number of likely N-dealkylation sites (tertiary alicyclic amines) is 1. The Balaban J connectivity index is 1.60. The Morgan fingerprint density at radius 3 is 2.36 bits per heavy atom. The van der Waals surface area contributed by atoms with Gasteiger partial charge in [0.15, 0.2) is 9.84 Å². The van der Waals surface area contributed by atoms with Crippen molar-refractivity contribution >= 4 is 9.84 Å². The maximum absolute atomic E-state index is 11.5. The van der Waals surface area contributed by atoms with E-state index in [1.807, 2.05) is 0 Å². The van der Waals surface area contributed by atoms with Crippen LogP contribution in [0.3, 0.4) is 0 Å².